The molecule has 0 fully saturated rings. The molecule has 2 rings (SSSR count). The summed E-state index contributed by atoms with van der Waals surface area (Å²) in [5.41, 5.74) is 1.90. The van der Waals surface area contributed by atoms with Crippen molar-refractivity contribution in [2.45, 2.75) is 32.3 Å². The van der Waals surface area contributed by atoms with Crippen LogP contribution in [0, 0.1) is 0 Å². The van der Waals surface area contributed by atoms with E-state index in [0.717, 1.165) is 37.2 Å². The maximum atomic E-state index is 11.9. The fourth-order valence-corrected chi connectivity index (χ4v) is 2.41. The maximum absolute atomic E-state index is 11.9. The number of rotatable bonds is 5. The largest absolute Gasteiger partial charge is 0.388 e. The first-order valence-electron chi connectivity index (χ1n) is 7.01. The molecule has 1 aliphatic heterocycles. The number of amides is 1. The van der Waals surface area contributed by atoms with Gasteiger partial charge in [-0.2, -0.15) is 0 Å². The number of unbranched alkanes of at least 4 members (excludes halogenated alkanes) is 1. The smallest absolute Gasteiger partial charge is 0.239 e. The molecule has 1 aliphatic rings. The minimum Gasteiger partial charge on any atom is -0.388 e. The van der Waals surface area contributed by atoms with Crippen LogP contribution in [0.1, 0.15) is 37.9 Å². The molecule has 2 N–H and O–H groups in total. The summed E-state index contributed by atoms with van der Waals surface area (Å²) in [4.78, 5) is 13.9. The predicted molar refractivity (Wildman–Crippen MR) is 76.1 cm³/mol. The maximum Gasteiger partial charge on any atom is 0.239 e. The molecular weight excluding hydrogens is 240 g/mol. The molecular formula is C15H22N2O2. The summed E-state index contributed by atoms with van der Waals surface area (Å²) >= 11 is 0. The number of carbonyl (C=O) groups excluding carboxylic acids is 1. The third kappa shape index (κ3) is 3.47. The highest BCUT2D eigenvalue weighted by atomic mass is 16.3. The molecule has 0 saturated carbocycles. The molecule has 0 spiro atoms. The summed E-state index contributed by atoms with van der Waals surface area (Å²) in [5, 5.41) is 12.9. The van der Waals surface area contributed by atoms with Crippen LogP contribution in [0.5, 0.6) is 0 Å². The highest BCUT2D eigenvalue weighted by Gasteiger charge is 2.24. The molecule has 0 aromatic heterocycles. The van der Waals surface area contributed by atoms with Crippen molar-refractivity contribution in [3.63, 3.8) is 0 Å². The Morgan fingerprint density at radius 3 is 3.05 bits per heavy atom. The summed E-state index contributed by atoms with van der Waals surface area (Å²) in [6, 6.07) is 7.77. The Morgan fingerprint density at radius 2 is 2.26 bits per heavy atom. The molecule has 1 amide bonds. The third-order valence-corrected chi connectivity index (χ3v) is 3.50. The second-order valence-electron chi connectivity index (χ2n) is 4.99. The second-order valence-corrected chi connectivity index (χ2v) is 4.99. The molecule has 19 heavy (non-hydrogen) atoms. The number of nitrogens with one attached hydrogen (secondary N) is 1. The zero-order valence-electron chi connectivity index (χ0n) is 11.4. The normalized spacial score (nSPS) is 18.0. The molecule has 1 aromatic rings. The quantitative estimate of drug-likeness (QED) is 0.796. The lowest BCUT2D eigenvalue weighted by Gasteiger charge is -2.33. The minimum absolute atomic E-state index is 0.0552. The Hall–Kier alpha value is -1.55. The Kier molecular flexibility index (Phi) is 4.80. The van der Waals surface area contributed by atoms with Gasteiger partial charge < -0.3 is 15.3 Å². The lowest BCUT2D eigenvalue weighted by molar-refractivity contribution is -0.119. The molecule has 0 saturated heterocycles. The van der Waals surface area contributed by atoms with E-state index in [1.807, 2.05) is 29.2 Å². The van der Waals surface area contributed by atoms with Gasteiger partial charge in [-0.1, -0.05) is 31.5 Å². The van der Waals surface area contributed by atoms with E-state index in [1.54, 1.807) is 0 Å². The monoisotopic (exact) mass is 262 g/mol. The van der Waals surface area contributed by atoms with Crippen LogP contribution in [0.4, 0.5) is 5.69 Å². The van der Waals surface area contributed by atoms with Crippen molar-refractivity contribution in [1.82, 2.24) is 5.32 Å². The third-order valence-electron chi connectivity index (χ3n) is 3.50. The Balaban J connectivity index is 1.98. The first kappa shape index (κ1) is 13.9. The van der Waals surface area contributed by atoms with Crippen molar-refractivity contribution >= 4 is 11.6 Å². The number of fused-ring (bicyclic) bond motifs is 1. The summed E-state index contributed by atoms with van der Waals surface area (Å²) < 4.78 is 0. The van der Waals surface area contributed by atoms with Crippen molar-refractivity contribution in [1.29, 1.82) is 0 Å². The van der Waals surface area contributed by atoms with E-state index in [1.165, 1.54) is 0 Å². The lowest BCUT2D eigenvalue weighted by atomic mass is 9.99. The Labute approximate surface area is 114 Å². The van der Waals surface area contributed by atoms with Gasteiger partial charge in [-0.15, -0.1) is 0 Å². The topological polar surface area (TPSA) is 52.6 Å². The standard InChI is InChI=1S/C15H22N2O2/c1-2-3-9-16-15(19)11-17-10-8-14(18)12-6-4-5-7-13(12)17/h4-7,14,18H,2-3,8-11H2,1H3,(H,16,19). The van der Waals surface area contributed by atoms with Crippen LogP contribution in [0.3, 0.4) is 0 Å². The van der Waals surface area contributed by atoms with E-state index in [0.29, 0.717) is 13.0 Å². The molecule has 1 aromatic carbocycles. The molecule has 0 aliphatic carbocycles. The number of hydrogen-bond acceptors (Lipinski definition) is 3. The van der Waals surface area contributed by atoms with Crippen LogP contribution < -0.4 is 10.2 Å². The minimum atomic E-state index is -0.407. The van der Waals surface area contributed by atoms with E-state index in [2.05, 4.69) is 12.2 Å². The van der Waals surface area contributed by atoms with Crippen molar-refractivity contribution < 1.29 is 9.90 Å². The lowest BCUT2D eigenvalue weighted by Crippen LogP contribution is -2.40. The molecule has 104 valence electrons. The van der Waals surface area contributed by atoms with Gasteiger partial charge in [-0.3, -0.25) is 4.79 Å². The van der Waals surface area contributed by atoms with E-state index < -0.39 is 6.10 Å². The van der Waals surface area contributed by atoms with Gasteiger partial charge in [0.05, 0.1) is 12.6 Å². The molecule has 1 heterocycles. The van der Waals surface area contributed by atoms with Crippen LogP contribution in [0.15, 0.2) is 24.3 Å². The Bertz CT molecular complexity index is 434. The van der Waals surface area contributed by atoms with Gasteiger partial charge in [-0.05, 0) is 18.9 Å². The Morgan fingerprint density at radius 1 is 1.47 bits per heavy atom. The SMILES string of the molecule is CCCCNC(=O)CN1CCC(O)c2ccccc21. The number of carbonyl (C=O) groups is 1. The summed E-state index contributed by atoms with van der Waals surface area (Å²) in [6.45, 7) is 3.94. The first-order chi connectivity index (χ1) is 9.22. The fraction of sp³-hybridized carbons (Fsp3) is 0.533. The van der Waals surface area contributed by atoms with Crippen molar-refractivity contribution in [2.75, 3.05) is 24.5 Å². The number of benzene rings is 1. The van der Waals surface area contributed by atoms with E-state index in [4.69, 9.17) is 0 Å². The number of aliphatic hydroxyl groups is 1. The molecule has 0 radical (unpaired) electrons. The molecule has 1 atom stereocenters. The summed E-state index contributed by atoms with van der Waals surface area (Å²) in [5.74, 6) is 0.0552. The fourth-order valence-electron chi connectivity index (χ4n) is 2.41. The first-order valence-corrected chi connectivity index (χ1v) is 7.01. The average Bonchev–Trinajstić information content (AvgIpc) is 2.43. The van der Waals surface area contributed by atoms with Crippen LogP contribution >= 0.6 is 0 Å². The number of aliphatic hydroxyl groups excluding tert-OH is 1. The van der Waals surface area contributed by atoms with E-state index in [-0.39, 0.29) is 5.91 Å². The summed E-state index contributed by atoms with van der Waals surface area (Å²) in [7, 11) is 0. The molecule has 4 nitrogen and oxygen atoms in total. The van der Waals surface area contributed by atoms with Gasteiger partial charge in [0.2, 0.25) is 5.91 Å². The van der Waals surface area contributed by atoms with Crippen LogP contribution in [0.25, 0.3) is 0 Å². The number of para-hydroxylation sites is 1. The van der Waals surface area contributed by atoms with Crippen LogP contribution in [-0.4, -0.2) is 30.6 Å². The highest BCUT2D eigenvalue weighted by Crippen LogP contribution is 2.32. The van der Waals surface area contributed by atoms with Crippen LogP contribution in [-0.2, 0) is 4.79 Å². The van der Waals surface area contributed by atoms with Crippen molar-refractivity contribution in [3.05, 3.63) is 29.8 Å². The number of hydrogen-bond donors (Lipinski definition) is 2. The zero-order valence-corrected chi connectivity index (χ0v) is 11.4. The second kappa shape index (κ2) is 6.57. The van der Waals surface area contributed by atoms with E-state index >= 15 is 0 Å². The number of nitrogens with zero attached hydrogens (tertiary/aromatic N) is 1. The van der Waals surface area contributed by atoms with Crippen molar-refractivity contribution in [2.24, 2.45) is 0 Å². The average molecular weight is 262 g/mol. The van der Waals surface area contributed by atoms with Gasteiger partial charge in [0, 0.05) is 24.3 Å². The van der Waals surface area contributed by atoms with Gasteiger partial charge in [0.25, 0.3) is 0 Å². The van der Waals surface area contributed by atoms with Crippen molar-refractivity contribution in [3.8, 4) is 0 Å². The van der Waals surface area contributed by atoms with Gasteiger partial charge >= 0.3 is 0 Å². The van der Waals surface area contributed by atoms with Gasteiger partial charge in [-0.25, -0.2) is 0 Å². The molecule has 4 heteroatoms. The zero-order chi connectivity index (χ0) is 13.7. The van der Waals surface area contributed by atoms with Gasteiger partial charge in [0.1, 0.15) is 0 Å². The summed E-state index contributed by atoms with van der Waals surface area (Å²) in [6.07, 6.45) is 2.37. The van der Waals surface area contributed by atoms with Crippen LogP contribution in [0.2, 0.25) is 0 Å². The predicted octanol–water partition coefficient (Wildman–Crippen LogP) is 1.85. The molecule has 1 unspecified atom stereocenters. The van der Waals surface area contributed by atoms with Gasteiger partial charge in [0.15, 0.2) is 0 Å². The number of anilines is 1. The highest BCUT2D eigenvalue weighted by molar-refractivity contribution is 5.81. The van der Waals surface area contributed by atoms with E-state index in [9.17, 15) is 9.90 Å². The molecule has 0 bridgehead atoms.